The van der Waals surface area contributed by atoms with Crippen molar-refractivity contribution in [2.75, 3.05) is 71.6 Å². The number of piperazine rings is 1. The van der Waals surface area contributed by atoms with Crippen molar-refractivity contribution >= 4 is 47.2 Å². The zero-order valence-corrected chi connectivity index (χ0v) is 18.7. The lowest BCUT2D eigenvalue weighted by atomic mass is 10.2. The summed E-state index contributed by atoms with van der Waals surface area (Å²) in [6.45, 7) is 6.59. The molecule has 0 radical (unpaired) electrons. The standard InChI is InChI=1S/C18H29ClN4O2.HI/c1-20-18(21-8-5-13-25-15-14-24-2)23-11-9-22(10-12-23)17-7-4-3-6-16(17)19;/h3-4,6-7H,5,8-15H2,1-2H3,(H,20,21);1H. The second kappa shape index (κ2) is 13.4. The fraction of sp³-hybridized carbons (Fsp3) is 0.611. The van der Waals surface area contributed by atoms with Gasteiger partial charge in [0.25, 0.3) is 0 Å². The fourth-order valence-electron chi connectivity index (χ4n) is 2.82. The number of para-hydroxylation sites is 1. The van der Waals surface area contributed by atoms with Gasteiger partial charge in [-0.1, -0.05) is 23.7 Å². The van der Waals surface area contributed by atoms with Crippen LogP contribution in [0.4, 0.5) is 5.69 Å². The summed E-state index contributed by atoms with van der Waals surface area (Å²) in [5.41, 5.74) is 1.11. The average Bonchev–Trinajstić information content (AvgIpc) is 2.65. The van der Waals surface area contributed by atoms with E-state index in [1.54, 1.807) is 7.11 Å². The van der Waals surface area contributed by atoms with Gasteiger partial charge in [0.05, 0.1) is 23.9 Å². The molecule has 0 aromatic heterocycles. The summed E-state index contributed by atoms with van der Waals surface area (Å²) in [6.07, 6.45) is 0.947. The van der Waals surface area contributed by atoms with Gasteiger partial charge in [-0.25, -0.2) is 0 Å². The van der Waals surface area contributed by atoms with Crippen molar-refractivity contribution in [1.82, 2.24) is 10.2 Å². The average molecular weight is 497 g/mol. The lowest BCUT2D eigenvalue weighted by Crippen LogP contribution is -2.52. The molecule has 0 bridgehead atoms. The molecule has 1 aliphatic rings. The molecular formula is C18H30ClIN4O2. The van der Waals surface area contributed by atoms with E-state index in [1.165, 1.54) is 0 Å². The van der Waals surface area contributed by atoms with E-state index < -0.39 is 0 Å². The van der Waals surface area contributed by atoms with Gasteiger partial charge in [-0.15, -0.1) is 24.0 Å². The Morgan fingerprint density at radius 2 is 1.88 bits per heavy atom. The summed E-state index contributed by atoms with van der Waals surface area (Å²) >= 11 is 6.30. The Labute approximate surface area is 178 Å². The van der Waals surface area contributed by atoms with Gasteiger partial charge in [-0.05, 0) is 18.6 Å². The molecule has 8 heteroatoms. The van der Waals surface area contributed by atoms with Crippen molar-refractivity contribution < 1.29 is 9.47 Å². The van der Waals surface area contributed by atoms with Gasteiger partial charge >= 0.3 is 0 Å². The van der Waals surface area contributed by atoms with Crippen LogP contribution in [0.15, 0.2) is 29.3 Å². The van der Waals surface area contributed by atoms with Gasteiger partial charge in [0.2, 0.25) is 0 Å². The van der Waals surface area contributed by atoms with Crippen molar-refractivity contribution in [3.63, 3.8) is 0 Å². The molecule has 2 rings (SSSR count). The maximum Gasteiger partial charge on any atom is 0.193 e. The van der Waals surface area contributed by atoms with E-state index in [2.05, 4.69) is 26.2 Å². The predicted octanol–water partition coefficient (Wildman–Crippen LogP) is 2.71. The number of anilines is 1. The minimum absolute atomic E-state index is 0. The summed E-state index contributed by atoms with van der Waals surface area (Å²) in [5, 5.41) is 4.23. The van der Waals surface area contributed by atoms with E-state index in [1.807, 2.05) is 25.2 Å². The van der Waals surface area contributed by atoms with Crippen molar-refractivity contribution in [1.29, 1.82) is 0 Å². The topological polar surface area (TPSA) is 49.3 Å². The van der Waals surface area contributed by atoms with Crippen LogP contribution in [0.5, 0.6) is 0 Å². The third-order valence-electron chi connectivity index (χ3n) is 4.16. The fourth-order valence-corrected chi connectivity index (χ4v) is 3.07. The highest BCUT2D eigenvalue weighted by molar-refractivity contribution is 14.0. The van der Waals surface area contributed by atoms with Crippen molar-refractivity contribution in [3.8, 4) is 0 Å². The summed E-state index contributed by atoms with van der Waals surface area (Å²) < 4.78 is 10.4. The molecule has 0 amide bonds. The Hall–Kier alpha value is -0.770. The van der Waals surface area contributed by atoms with E-state index in [0.29, 0.717) is 13.2 Å². The smallest absolute Gasteiger partial charge is 0.193 e. The number of aliphatic imine (C=N–C) groups is 1. The molecule has 1 fully saturated rings. The monoisotopic (exact) mass is 496 g/mol. The Morgan fingerprint density at radius 1 is 1.15 bits per heavy atom. The number of ether oxygens (including phenoxy) is 2. The Bertz CT molecular complexity index is 540. The Kier molecular flexibility index (Phi) is 12.0. The molecule has 1 aliphatic heterocycles. The molecule has 1 heterocycles. The summed E-state index contributed by atoms with van der Waals surface area (Å²) in [6, 6.07) is 8.02. The first-order valence-corrected chi connectivity index (χ1v) is 9.16. The molecule has 0 saturated carbocycles. The number of methoxy groups -OCH3 is 1. The molecule has 6 nitrogen and oxygen atoms in total. The van der Waals surface area contributed by atoms with E-state index in [4.69, 9.17) is 21.1 Å². The van der Waals surface area contributed by atoms with Crippen LogP contribution in [0.1, 0.15) is 6.42 Å². The lowest BCUT2D eigenvalue weighted by Gasteiger charge is -2.38. The van der Waals surface area contributed by atoms with Crippen LogP contribution in [0.3, 0.4) is 0 Å². The largest absolute Gasteiger partial charge is 0.382 e. The molecule has 0 aliphatic carbocycles. The third kappa shape index (κ3) is 7.46. The molecule has 0 atom stereocenters. The second-order valence-electron chi connectivity index (χ2n) is 5.86. The Balaban J connectivity index is 0.00000338. The minimum atomic E-state index is 0. The lowest BCUT2D eigenvalue weighted by molar-refractivity contribution is 0.0698. The predicted molar refractivity (Wildman–Crippen MR) is 119 cm³/mol. The van der Waals surface area contributed by atoms with E-state index >= 15 is 0 Å². The van der Waals surface area contributed by atoms with Crippen LogP contribution in [0, 0.1) is 0 Å². The highest BCUT2D eigenvalue weighted by Gasteiger charge is 2.20. The van der Waals surface area contributed by atoms with Crippen molar-refractivity contribution in [2.45, 2.75) is 6.42 Å². The number of nitrogens with one attached hydrogen (secondary N) is 1. The van der Waals surface area contributed by atoms with E-state index in [0.717, 1.165) is 62.4 Å². The SMILES string of the molecule is CN=C(NCCCOCCOC)N1CCN(c2ccccc2Cl)CC1.I. The quantitative estimate of drug-likeness (QED) is 0.260. The molecule has 148 valence electrons. The van der Waals surface area contributed by atoms with Crippen molar-refractivity contribution in [2.24, 2.45) is 4.99 Å². The molecule has 1 aromatic rings. The van der Waals surface area contributed by atoms with Crippen LogP contribution in [0.25, 0.3) is 0 Å². The van der Waals surface area contributed by atoms with Gasteiger partial charge < -0.3 is 24.6 Å². The van der Waals surface area contributed by atoms with Gasteiger partial charge in [0, 0.05) is 53.5 Å². The summed E-state index contributed by atoms with van der Waals surface area (Å²) in [7, 11) is 3.51. The number of halogens is 2. The highest BCUT2D eigenvalue weighted by atomic mass is 127. The van der Waals surface area contributed by atoms with Crippen LogP contribution in [0.2, 0.25) is 5.02 Å². The van der Waals surface area contributed by atoms with Gasteiger partial charge in [0.1, 0.15) is 0 Å². The molecule has 26 heavy (non-hydrogen) atoms. The normalized spacial score (nSPS) is 15.0. The molecule has 1 aromatic carbocycles. The van der Waals surface area contributed by atoms with E-state index in [9.17, 15) is 0 Å². The van der Waals surface area contributed by atoms with Crippen LogP contribution >= 0.6 is 35.6 Å². The van der Waals surface area contributed by atoms with Gasteiger partial charge in [-0.2, -0.15) is 0 Å². The number of guanidine groups is 1. The maximum absolute atomic E-state index is 6.30. The first-order chi connectivity index (χ1) is 12.3. The zero-order valence-electron chi connectivity index (χ0n) is 15.6. The van der Waals surface area contributed by atoms with Gasteiger partial charge in [0.15, 0.2) is 5.96 Å². The Morgan fingerprint density at radius 3 is 2.54 bits per heavy atom. The number of benzene rings is 1. The van der Waals surface area contributed by atoms with Crippen LogP contribution in [-0.2, 0) is 9.47 Å². The number of nitrogens with zero attached hydrogens (tertiary/aromatic N) is 3. The minimum Gasteiger partial charge on any atom is -0.382 e. The second-order valence-corrected chi connectivity index (χ2v) is 6.27. The van der Waals surface area contributed by atoms with Gasteiger partial charge in [-0.3, -0.25) is 4.99 Å². The van der Waals surface area contributed by atoms with Crippen LogP contribution < -0.4 is 10.2 Å². The number of hydrogen-bond donors (Lipinski definition) is 1. The molecule has 1 N–H and O–H groups in total. The summed E-state index contributed by atoms with van der Waals surface area (Å²) in [4.78, 5) is 9.02. The van der Waals surface area contributed by atoms with E-state index in [-0.39, 0.29) is 24.0 Å². The first-order valence-electron chi connectivity index (χ1n) is 8.78. The number of rotatable bonds is 8. The molecule has 0 unspecified atom stereocenters. The maximum atomic E-state index is 6.30. The highest BCUT2D eigenvalue weighted by Crippen LogP contribution is 2.25. The number of hydrogen-bond acceptors (Lipinski definition) is 4. The third-order valence-corrected chi connectivity index (χ3v) is 4.48. The molecule has 0 spiro atoms. The first kappa shape index (κ1) is 23.3. The molecule has 1 saturated heterocycles. The van der Waals surface area contributed by atoms with Crippen LogP contribution in [-0.4, -0.2) is 77.6 Å². The summed E-state index contributed by atoms with van der Waals surface area (Å²) in [5.74, 6) is 0.954. The van der Waals surface area contributed by atoms with Crippen molar-refractivity contribution in [3.05, 3.63) is 29.3 Å². The zero-order chi connectivity index (χ0) is 17.9. The molecular weight excluding hydrogens is 467 g/mol.